The lowest BCUT2D eigenvalue weighted by molar-refractivity contribution is -0.121. The first-order valence-corrected chi connectivity index (χ1v) is 10.6. The second-order valence-electron chi connectivity index (χ2n) is 8.48. The summed E-state index contributed by atoms with van der Waals surface area (Å²) in [7, 11) is 0. The van der Waals surface area contributed by atoms with E-state index >= 15 is 0 Å². The highest BCUT2D eigenvalue weighted by molar-refractivity contribution is 5.95. The SMILES string of the molecule is CC(C)COC(=O)N1CCCN(CC(=O)NC(=O)NC2CCCCC2C)CC1. The van der Waals surface area contributed by atoms with Crippen LogP contribution in [0.3, 0.4) is 0 Å². The molecule has 2 N–H and O–H groups in total. The number of rotatable bonds is 5. The van der Waals surface area contributed by atoms with E-state index in [9.17, 15) is 14.4 Å². The summed E-state index contributed by atoms with van der Waals surface area (Å²) in [5.41, 5.74) is 0. The molecule has 8 heteroatoms. The smallest absolute Gasteiger partial charge is 0.409 e. The molecule has 160 valence electrons. The highest BCUT2D eigenvalue weighted by atomic mass is 16.6. The number of urea groups is 1. The molecule has 8 nitrogen and oxygen atoms in total. The van der Waals surface area contributed by atoms with E-state index in [-0.39, 0.29) is 24.6 Å². The Labute approximate surface area is 168 Å². The van der Waals surface area contributed by atoms with Crippen molar-refractivity contribution in [2.75, 3.05) is 39.3 Å². The average Bonchev–Trinajstić information content (AvgIpc) is 2.87. The molecule has 0 radical (unpaired) electrons. The van der Waals surface area contributed by atoms with Crippen LogP contribution in [0.5, 0.6) is 0 Å². The Morgan fingerprint density at radius 3 is 2.50 bits per heavy atom. The molecule has 0 bridgehead atoms. The van der Waals surface area contributed by atoms with Gasteiger partial charge in [0.15, 0.2) is 0 Å². The number of carbonyl (C=O) groups excluding carboxylic acids is 3. The molecule has 1 saturated heterocycles. The highest BCUT2D eigenvalue weighted by Crippen LogP contribution is 2.23. The minimum absolute atomic E-state index is 0.144. The monoisotopic (exact) mass is 396 g/mol. The fourth-order valence-corrected chi connectivity index (χ4v) is 3.75. The fraction of sp³-hybridized carbons (Fsp3) is 0.850. The Kier molecular flexibility index (Phi) is 9.02. The maximum absolute atomic E-state index is 12.2. The number of amides is 4. The zero-order chi connectivity index (χ0) is 20.5. The second kappa shape index (κ2) is 11.2. The van der Waals surface area contributed by atoms with Crippen molar-refractivity contribution in [3.05, 3.63) is 0 Å². The molecular formula is C20H36N4O4. The van der Waals surface area contributed by atoms with Crippen molar-refractivity contribution < 1.29 is 19.1 Å². The van der Waals surface area contributed by atoms with Gasteiger partial charge in [-0.3, -0.25) is 15.0 Å². The Balaban J connectivity index is 1.70. The molecule has 4 amide bonds. The zero-order valence-electron chi connectivity index (χ0n) is 17.5. The summed E-state index contributed by atoms with van der Waals surface area (Å²) >= 11 is 0. The third-order valence-electron chi connectivity index (χ3n) is 5.43. The van der Waals surface area contributed by atoms with Crippen LogP contribution in [0, 0.1) is 11.8 Å². The number of nitrogens with one attached hydrogen (secondary N) is 2. The Hall–Kier alpha value is -1.83. The zero-order valence-corrected chi connectivity index (χ0v) is 17.5. The minimum atomic E-state index is -0.405. The van der Waals surface area contributed by atoms with Crippen molar-refractivity contribution in [3.8, 4) is 0 Å². The number of hydrogen-bond acceptors (Lipinski definition) is 5. The van der Waals surface area contributed by atoms with Crippen LogP contribution in [0.2, 0.25) is 0 Å². The van der Waals surface area contributed by atoms with Crippen LogP contribution >= 0.6 is 0 Å². The third-order valence-corrected chi connectivity index (χ3v) is 5.43. The number of imide groups is 1. The van der Waals surface area contributed by atoms with Crippen molar-refractivity contribution in [2.24, 2.45) is 11.8 Å². The summed E-state index contributed by atoms with van der Waals surface area (Å²) in [4.78, 5) is 40.1. The molecule has 1 heterocycles. The van der Waals surface area contributed by atoms with E-state index in [0.717, 1.165) is 25.7 Å². The Morgan fingerprint density at radius 2 is 1.79 bits per heavy atom. The van der Waals surface area contributed by atoms with Crippen LogP contribution in [-0.2, 0) is 9.53 Å². The molecule has 0 spiro atoms. The Morgan fingerprint density at radius 1 is 1.04 bits per heavy atom. The molecule has 0 aromatic rings. The van der Waals surface area contributed by atoms with Gasteiger partial charge in [-0.2, -0.15) is 0 Å². The molecule has 0 aromatic carbocycles. The van der Waals surface area contributed by atoms with Crippen molar-refractivity contribution >= 4 is 18.0 Å². The lowest BCUT2D eigenvalue weighted by Crippen LogP contribution is -2.50. The maximum atomic E-state index is 12.2. The first-order valence-electron chi connectivity index (χ1n) is 10.6. The number of nitrogens with zero attached hydrogens (tertiary/aromatic N) is 2. The highest BCUT2D eigenvalue weighted by Gasteiger charge is 2.25. The number of ether oxygens (including phenoxy) is 1. The Bertz CT molecular complexity index is 540. The van der Waals surface area contributed by atoms with Crippen LogP contribution in [0.1, 0.15) is 52.9 Å². The second-order valence-corrected chi connectivity index (χ2v) is 8.48. The van der Waals surface area contributed by atoms with Gasteiger partial charge < -0.3 is 15.0 Å². The summed E-state index contributed by atoms with van der Waals surface area (Å²) in [5, 5.41) is 5.38. The lowest BCUT2D eigenvalue weighted by Gasteiger charge is -2.29. The van der Waals surface area contributed by atoms with Crippen molar-refractivity contribution in [2.45, 2.75) is 58.9 Å². The quantitative estimate of drug-likeness (QED) is 0.743. The molecule has 1 aliphatic carbocycles. The standard InChI is InChI=1S/C20H36N4O4/c1-15(2)14-28-20(27)24-10-6-9-23(11-12-24)13-18(25)22-19(26)21-17-8-5-4-7-16(17)3/h15-17H,4-14H2,1-3H3,(H2,21,22,25,26). The van der Waals surface area contributed by atoms with Gasteiger partial charge in [0, 0.05) is 32.2 Å². The van der Waals surface area contributed by atoms with E-state index in [1.807, 2.05) is 18.7 Å². The molecule has 2 rings (SSSR count). The molecule has 2 atom stereocenters. The van der Waals surface area contributed by atoms with Crippen molar-refractivity contribution in [1.29, 1.82) is 0 Å². The summed E-state index contributed by atoms with van der Waals surface area (Å²) < 4.78 is 5.28. The van der Waals surface area contributed by atoms with Crippen LogP contribution in [-0.4, -0.2) is 73.2 Å². The van der Waals surface area contributed by atoms with E-state index in [0.29, 0.717) is 44.6 Å². The van der Waals surface area contributed by atoms with Gasteiger partial charge in [-0.05, 0) is 31.1 Å². The summed E-state index contributed by atoms with van der Waals surface area (Å²) in [6.45, 7) is 9.15. The van der Waals surface area contributed by atoms with Gasteiger partial charge in [0.2, 0.25) is 5.91 Å². The van der Waals surface area contributed by atoms with E-state index < -0.39 is 6.03 Å². The normalized spacial score (nSPS) is 23.8. The maximum Gasteiger partial charge on any atom is 0.409 e. The number of hydrogen-bond donors (Lipinski definition) is 2. The minimum Gasteiger partial charge on any atom is -0.449 e. The molecule has 1 saturated carbocycles. The van der Waals surface area contributed by atoms with E-state index in [2.05, 4.69) is 17.6 Å². The van der Waals surface area contributed by atoms with Gasteiger partial charge >= 0.3 is 12.1 Å². The van der Waals surface area contributed by atoms with Crippen LogP contribution in [0.15, 0.2) is 0 Å². The fourth-order valence-electron chi connectivity index (χ4n) is 3.75. The first-order chi connectivity index (χ1) is 13.3. The molecule has 2 unspecified atom stereocenters. The van der Waals surface area contributed by atoms with Gasteiger partial charge in [-0.15, -0.1) is 0 Å². The molecule has 1 aliphatic heterocycles. The van der Waals surface area contributed by atoms with Crippen LogP contribution in [0.25, 0.3) is 0 Å². The van der Waals surface area contributed by atoms with Crippen molar-refractivity contribution in [3.63, 3.8) is 0 Å². The largest absolute Gasteiger partial charge is 0.449 e. The average molecular weight is 397 g/mol. The summed E-state index contributed by atoms with van der Waals surface area (Å²) in [5.74, 6) is 0.442. The molecular weight excluding hydrogens is 360 g/mol. The predicted molar refractivity (Wildman–Crippen MR) is 107 cm³/mol. The molecule has 2 fully saturated rings. The third kappa shape index (κ3) is 7.66. The van der Waals surface area contributed by atoms with Gasteiger partial charge in [-0.25, -0.2) is 9.59 Å². The first kappa shape index (κ1) is 22.5. The van der Waals surface area contributed by atoms with Crippen LogP contribution in [0.4, 0.5) is 9.59 Å². The van der Waals surface area contributed by atoms with E-state index in [1.165, 1.54) is 6.42 Å². The van der Waals surface area contributed by atoms with E-state index in [4.69, 9.17) is 4.74 Å². The summed E-state index contributed by atoms with van der Waals surface area (Å²) in [6.07, 6.45) is 4.89. The van der Waals surface area contributed by atoms with E-state index in [1.54, 1.807) is 4.90 Å². The van der Waals surface area contributed by atoms with Gasteiger partial charge in [0.05, 0.1) is 13.2 Å². The lowest BCUT2D eigenvalue weighted by atomic mass is 9.86. The van der Waals surface area contributed by atoms with Crippen molar-refractivity contribution in [1.82, 2.24) is 20.4 Å². The van der Waals surface area contributed by atoms with Gasteiger partial charge in [-0.1, -0.05) is 33.6 Å². The van der Waals surface area contributed by atoms with Gasteiger partial charge in [0.25, 0.3) is 0 Å². The number of carbonyl (C=O) groups is 3. The topological polar surface area (TPSA) is 91.0 Å². The van der Waals surface area contributed by atoms with Crippen LogP contribution < -0.4 is 10.6 Å². The molecule has 0 aromatic heterocycles. The predicted octanol–water partition coefficient (Wildman–Crippen LogP) is 2.19. The molecule has 2 aliphatic rings. The van der Waals surface area contributed by atoms with Gasteiger partial charge in [0.1, 0.15) is 0 Å². The summed E-state index contributed by atoms with van der Waals surface area (Å²) in [6, 6.07) is -0.261. The molecule has 28 heavy (non-hydrogen) atoms.